The van der Waals surface area contributed by atoms with Crippen LogP contribution >= 0.6 is 15.9 Å². The zero-order chi connectivity index (χ0) is 14.2. The summed E-state index contributed by atoms with van der Waals surface area (Å²) in [7, 11) is 1.93. The number of rotatable bonds is 4. The summed E-state index contributed by atoms with van der Waals surface area (Å²) in [4.78, 5) is 2.23. The van der Waals surface area contributed by atoms with Gasteiger partial charge >= 0.3 is 0 Å². The van der Waals surface area contributed by atoms with Crippen LogP contribution in [-0.4, -0.2) is 53.5 Å². The van der Waals surface area contributed by atoms with Crippen LogP contribution in [0, 0.1) is 0 Å². The summed E-state index contributed by atoms with van der Waals surface area (Å²) in [5.41, 5.74) is 0.383. The second kappa shape index (κ2) is 5.27. The van der Waals surface area contributed by atoms with E-state index in [1.165, 1.54) is 0 Å². The third-order valence-corrected chi connectivity index (χ3v) is 4.39. The van der Waals surface area contributed by atoms with Crippen molar-refractivity contribution in [3.8, 4) is 0 Å². The van der Waals surface area contributed by atoms with E-state index in [0.717, 1.165) is 29.7 Å². The minimum Gasteiger partial charge on any atom is -0.387 e. The average Bonchev–Trinajstić information content (AvgIpc) is 3.09. The van der Waals surface area contributed by atoms with Crippen LogP contribution in [-0.2, 0) is 20.1 Å². The van der Waals surface area contributed by atoms with Crippen LogP contribution in [0.3, 0.4) is 0 Å². The highest BCUT2D eigenvalue weighted by Crippen LogP contribution is 2.26. The molecule has 0 radical (unpaired) electrons. The number of aryl methyl sites for hydroxylation is 1. The molecule has 1 atom stereocenters. The van der Waals surface area contributed by atoms with Crippen LogP contribution in [0.15, 0.2) is 23.1 Å². The number of aliphatic hydroxyl groups is 1. The molecule has 1 saturated heterocycles. The summed E-state index contributed by atoms with van der Waals surface area (Å²) in [5.74, 6) is 0. The van der Waals surface area contributed by atoms with E-state index >= 15 is 0 Å². The molecular weight excluding hydrogens is 324 g/mol. The van der Waals surface area contributed by atoms with Crippen LogP contribution in [0.2, 0.25) is 0 Å². The van der Waals surface area contributed by atoms with Crippen molar-refractivity contribution in [2.24, 2.45) is 7.05 Å². The van der Waals surface area contributed by atoms with Crippen molar-refractivity contribution in [3.63, 3.8) is 0 Å². The van der Waals surface area contributed by atoms with Gasteiger partial charge in [-0.25, -0.2) is 4.68 Å². The summed E-state index contributed by atoms with van der Waals surface area (Å²) >= 11 is 3.51. The molecule has 2 aromatic heterocycles. The molecule has 1 aliphatic heterocycles. The molecule has 0 aliphatic carbocycles. The highest BCUT2D eigenvalue weighted by molar-refractivity contribution is 9.10. The van der Waals surface area contributed by atoms with Gasteiger partial charge in [-0.05, 0) is 22.4 Å². The first kappa shape index (κ1) is 13.7. The Balaban J connectivity index is 1.64. The lowest BCUT2D eigenvalue weighted by molar-refractivity contribution is 0.0272. The van der Waals surface area contributed by atoms with Crippen LogP contribution in [0.25, 0.3) is 0 Å². The third-order valence-electron chi connectivity index (χ3n) is 3.72. The third kappa shape index (κ3) is 2.77. The number of halogens is 1. The van der Waals surface area contributed by atoms with E-state index in [4.69, 9.17) is 0 Å². The van der Waals surface area contributed by atoms with Crippen molar-refractivity contribution in [3.05, 3.63) is 28.8 Å². The number of aromatic nitrogens is 5. The smallest absolute Gasteiger partial charge is 0.0981 e. The van der Waals surface area contributed by atoms with E-state index in [-0.39, 0.29) is 0 Å². The van der Waals surface area contributed by atoms with E-state index < -0.39 is 5.60 Å². The first-order valence-electron chi connectivity index (χ1n) is 6.51. The maximum Gasteiger partial charge on any atom is 0.0981 e. The van der Waals surface area contributed by atoms with Gasteiger partial charge in [0.25, 0.3) is 0 Å². The van der Waals surface area contributed by atoms with Crippen molar-refractivity contribution in [2.75, 3.05) is 13.1 Å². The van der Waals surface area contributed by atoms with Gasteiger partial charge in [0.05, 0.1) is 34.7 Å². The minimum absolute atomic E-state index is 0.482. The monoisotopic (exact) mass is 340 g/mol. The van der Waals surface area contributed by atoms with Gasteiger partial charge in [0.2, 0.25) is 0 Å². The molecule has 2 aromatic rings. The first-order valence-corrected chi connectivity index (χ1v) is 7.30. The molecule has 8 heteroatoms. The second-order valence-corrected chi connectivity index (χ2v) is 6.20. The molecule has 0 bridgehead atoms. The van der Waals surface area contributed by atoms with Crippen LogP contribution in [0.1, 0.15) is 12.1 Å². The lowest BCUT2D eigenvalue weighted by Gasteiger charge is -2.23. The molecule has 20 heavy (non-hydrogen) atoms. The molecule has 3 heterocycles. The Morgan fingerprint density at radius 2 is 2.35 bits per heavy atom. The highest BCUT2D eigenvalue weighted by atomic mass is 79.9. The average molecular weight is 341 g/mol. The van der Waals surface area contributed by atoms with E-state index in [9.17, 15) is 5.11 Å². The molecule has 0 amide bonds. The zero-order valence-electron chi connectivity index (χ0n) is 11.3. The molecule has 7 nitrogen and oxygen atoms in total. The lowest BCUT2D eigenvalue weighted by Crippen LogP contribution is -2.37. The maximum atomic E-state index is 10.6. The van der Waals surface area contributed by atoms with Crippen LogP contribution in [0.5, 0.6) is 0 Å². The quantitative estimate of drug-likeness (QED) is 0.872. The summed E-state index contributed by atoms with van der Waals surface area (Å²) in [6.45, 7) is 2.75. The molecular formula is C12H17BrN6O. The van der Waals surface area contributed by atoms with Gasteiger partial charge in [-0.1, -0.05) is 5.21 Å². The SMILES string of the molecule is Cn1ncc(Br)c1CN1CCC(O)(Cn2ccnn2)C1. The first-order chi connectivity index (χ1) is 9.56. The van der Waals surface area contributed by atoms with Gasteiger partial charge in [-0.15, -0.1) is 5.10 Å². The zero-order valence-corrected chi connectivity index (χ0v) is 12.9. The number of likely N-dealkylation sites (tertiary alicyclic amines) is 1. The summed E-state index contributed by atoms with van der Waals surface area (Å²) < 4.78 is 4.55. The van der Waals surface area contributed by atoms with Crippen molar-refractivity contribution in [1.82, 2.24) is 29.7 Å². The van der Waals surface area contributed by atoms with Crippen molar-refractivity contribution < 1.29 is 5.11 Å². The van der Waals surface area contributed by atoms with Crippen molar-refractivity contribution in [2.45, 2.75) is 25.1 Å². The topological polar surface area (TPSA) is 72.0 Å². The summed E-state index contributed by atoms with van der Waals surface area (Å²) in [6.07, 6.45) is 5.94. The fourth-order valence-electron chi connectivity index (χ4n) is 2.65. The van der Waals surface area contributed by atoms with Crippen LogP contribution < -0.4 is 0 Å². The van der Waals surface area contributed by atoms with Gasteiger partial charge < -0.3 is 5.11 Å². The molecule has 1 aliphatic rings. The Morgan fingerprint density at radius 3 is 3.00 bits per heavy atom. The van der Waals surface area contributed by atoms with Crippen molar-refractivity contribution in [1.29, 1.82) is 0 Å². The Kier molecular flexibility index (Phi) is 3.61. The molecule has 1 fully saturated rings. The van der Waals surface area contributed by atoms with E-state index in [2.05, 4.69) is 36.2 Å². The van der Waals surface area contributed by atoms with Gasteiger partial charge in [0, 0.05) is 32.9 Å². The van der Waals surface area contributed by atoms with Gasteiger partial charge in [0.15, 0.2) is 0 Å². The van der Waals surface area contributed by atoms with E-state index in [1.54, 1.807) is 23.3 Å². The van der Waals surface area contributed by atoms with E-state index in [1.807, 2.05) is 11.7 Å². The minimum atomic E-state index is -0.737. The molecule has 0 saturated carbocycles. The van der Waals surface area contributed by atoms with Gasteiger partial charge in [-0.2, -0.15) is 5.10 Å². The fourth-order valence-corrected chi connectivity index (χ4v) is 3.12. The van der Waals surface area contributed by atoms with Crippen LogP contribution in [0.4, 0.5) is 0 Å². The summed E-state index contributed by atoms with van der Waals surface area (Å²) in [6, 6.07) is 0. The number of nitrogens with zero attached hydrogens (tertiary/aromatic N) is 6. The highest BCUT2D eigenvalue weighted by Gasteiger charge is 2.37. The number of hydrogen-bond donors (Lipinski definition) is 1. The standard InChI is InChI=1S/C12H17BrN6O/c1-17-11(10(13)6-15-17)7-18-4-2-12(20,8-18)9-19-5-3-14-16-19/h3,5-6,20H,2,4,7-9H2,1H3. The number of hydrogen-bond acceptors (Lipinski definition) is 5. The maximum absolute atomic E-state index is 10.6. The predicted molar refractivity (Wildman–Crippen MR) is 75.8 cm³/mol. The molecule has 0 spiro atoms. The lowest BCUT2D eigenvalue weighted by atomic mass is 10.0. The summed E-state index contributed by atoms with van der Waals surface area (Å²) in [5, 5.41) is 22.5. The van der Waals surface area contributed by atoms with Gasteiger partial charge in [-0.3, -0.25) is 9.58 Å². The largest absolute Gasteiger partial charge is 0.387 e. The fraction of sp³-hybridized carbons (Fsp3) is 0.583. The van der Waals surface area contributed by atoms with E-state index in [0.29, 0.717) is 13.1 Å². The second-order valence-electron chi connectivity index (χ2n) is 5.35. The molecule has 0 aromatic carbocycles. The normalized spacial score (nSPS) is 23.6. The molecule has 108 valence electrons. The molecule has 3 rings (SSSR count). The van der Waals surface area contributed by atoms with Crippen molar-refractivity contribution >= 4 is 15.9 Å². The Morgan fingerprint density at radius 1 is 1.50 bits per heavy atom. The number of β-amino-alcohol motifs (C(OH)–C–C–N with tert-alkyl or cyclic N) is 1. The predicted octanol–water partition coefficient (Wildman–Crippen LogP) is 0.411. The Bertz CT molecular complexity index is 563. The Hall–Kier alpha value is -1.25. The molecule has 1 N–H and O–H groups in total. The Labute approximate surface area is 125 Å². The molecule has 1 unspecified atom stereocenters. The van der Waals surface area contributed by atoms with Gasteiger partial charge in [0.1, 0.15) is 0 Å².